The second-order valence-corrected chi connectivity index (χ2v) is 4.17. The van der Waals surface area contributed by atoms with Crippen LogP contribution in [-0.4, -0.2) is 12.5 Å². The van der Waals surface area contributed by atoms with Crippen LogP contribution in [0, 0.1) is 34.0 Å². The molecule has 0 aromatic heterocycles. The van der Waals surface area contributed by atoms with Gasteiger partial charge in [0, 0.05) is 12.2 Å². The number of nitrogens with one attached hydrogen (secondary N) is 2. The molecule has 0 unspecified atom stereocenters. The van der Waals surface area contributed by atoms with Crippen LogP contribution in [0.1, 0.15) is 17.3 Å². The molecule has 0 atom stereocenters. The normalized spacial score (nSPS) is 8.71. The van der Waals surface area contributed by atoms with Crippen molar-refractivity contribution in [3.05, 3.63) is 40.1 Å². The molecule has 0 aliphatic carbocycles. The van der Waals surface area contributed by atoms with Crippen molar-refractivity contribution in [3.63, 3.8) is 0 Å². The van der Waals surface area contributed by atoms with Crippen molar-refractivity contribution < 1.29 is 4.79 Å². The molecule has 6 nitrogen and oxygen atoms in total. The van der Waals surface area contributed by atoms with Crippen LogP contribution in [0.2, 0.25) is 5.02 Å². The number of carbonyl (C=O) groups is 1. The monoisotopic (exact) mass is 299 g/mol. The summed E-state index contributed by atoms with van der Waals surface area (Å²) in [6.07, 6.45) is 0. The molecule has 1 aromatic carbocycles. The summed E-state index contributed by atoms with van der Waals surface area (Å²) in [5.41, 5.74) is 0.0765. The van der Waals surface area contributed by atoms with Crippen LogP contribution in [0.15, 0.2) is 29.5 Å². The molecule has 0 aliphatic rings. The van der Waals surface area contributed by atoms with Gasteiger partial charge in [-0.3, -0.25) is 4.79 Å². The summed E-state index contributed by atoms with van der Waals surface area (Å²) < 4.78 is 0. The minimum atomic E-state index is -0.352. The van der Waals surface area contributed by atoms with Gasteiger partial charge in [-0.05, 0) is 25.1 Å². The Morgan fingerprint density at radius 3 is 2.43 bits per heavy atom. The molecule has 0 heterocycles. The molecule has 0 saturated carbocycles. The lowest BCUT2D eigenvalue weighted by molar-refractivity contribution is 0.0956. The number of amides is 1. The van der Waals surface area contributed by atoms with Gasteiger partial charge in [0.05, 0.1) is 10.6 Å². The zero-order valence-corrected chi connectivity index (χ0v) is 11.8. The van der Waals surface area contributed by atoms with E-state index in [-0.39, 0.29) is 27.8 Å². The molecular formula is C14H10ClN5O. The van der Waals surface area contributed by atoms with Gasteiger partial charge in [0.1, 0.15) is 23.9 Å². The van der Waals surface area contributed by atoms with Crippen molar-refractivity contribution in [2.75, 3.05) is 11.9 Å². The van der Waals surface area contributed by atoms with Crippen LogP contribution in [0.5, 0.6) is 0 Å². The van der Waals surface area contributed by atoms with E-state index in [1.165, 1.54) is 18.2 Å². The lowest BCUT2D eigenvalue weighted by atomic mass is 10.1. The first-order chi connectivity index (χ1) is 10.1. The number of hydrogen-bond donors (Lipinski definition) is 2. The quantitative estimate of drug-likeness (QED) is 0.828. The Hall–Kier alpha value is -3.01. The molecule has 1 rings (SSSR count). The predicted molar refractivity (Wildman–Crippen MR) is 76.9 cm³/mol. The Kier molecular flexibility index (Phi) is 5.77. The molecule has 0 fully saturated rings. The van der Waals surface area contributed by atoms with E-state index in [2.05, 4.69) is 10.6 Å². The fraction of sp³-hybridized carbons (Fsp3) is 0.143. The maximum Gasteiger partial charge on any atom is 0.252 e. The largest absolute Gasteiger partial charge is 0.352 e. The minimum Gasteiger partial charge on any atom is -0.352 e. The Morgan fingerprint density at radius 2 is 1.90 bits per heavy atom. The average Bonchev–Trinajstić information content (AvgIpc) is 2.49. The van der Waals surface area contributed by atoms with Crippen LogP contribution >= 0.6 is 11.6 Å². The van der Waals surface area contributed by atoms with Crippen molar-refractivity contribution in [1.29, 1.82) is 15.8 Å². The fourth-order valence-electron chi connectivity index (χ4n) is 1.46. The number of halogens is 1. The molecule has 1 aromatic rings. The lowest BCUT2D eigenvalue weighted by Crippen LogP contribution is -2.23. The van der Waals surface area contributed by atoms with Gasteiger partial charge in [-0.1, -0.05) is 11.6 Å². The number of anilines is 1. The summed E-state index contributed by atoms with van der Waals surface area (Å²) >= 11 is 5.94. The summed E-state index contributed by atoms with van der Waals surface area (Å²) in [6.45, 7) is 2.22. The van der Waals surface area contributed by atoms with E-state index in [1.807, 2.05) is 0 Å². The number of benzene rings is 1. The third kappa shape index (κ3) is 3.98. The summed E-state index contributed by atoms with van der Waals surface area (Å²) in [5.74, 6) is -0.352. The first-order valence-corrected chi connectivity index (χ1v) is 6.24. The second kappa shape index (κ2) is 7.55. The van der Waals surface area contributed by atoms with Crippen LogP contribution in [0.4, 0.5) is 5.69 Å². The highest BCUT2D eigenvalue weighted by molar-refractivity contribution is 6.34. The molecule has 1 amide bonds. The zero-order valence-electron chi connectivity index (χ0n) is 11.1. The first-order valence-electron chi connectivity index (χ1n) is 5.86. The van der Waals surface area contributed by atoms with Crippen molar-refractivity contribution in [2.45, 2.75) is 6.92 Å². The summed E-state index contributed by atoms with van der Waals surface area (Å²) in [5, 5.41) is 32.0. The third-order valence-electron chi connectivity index (χ3n) is 2.40. The van der Waals surface area contributed by atoms with Gasteiger partial charge in [0.2, 0.25) is 0 Å². The summed E-state index contributed by atoms with van der Waals surface area (Å²) in [7, 11) is 0. The average molecular weight is 300 g/mol. The van der Waals surface area contributed by atoms with E-state index < -0.39 is 0 Å². The van der Waals surface area contributed by atoms with Gasteiger partial charge in [-0.15, -0.1) is 0 Å². The number of allylic oxidation sites excluding steroid dienone is 2. The number of carbonyl (C=O) groups excluding carboxylic acids is 1. The van der Waals surface area contributed by atoms with E-state index in [1.54, 1.807) is 25.1 Å². The molecule has 7 heteroatoms. The molecule has 0 aliphatic heterocycles. The van der Waals surface area contributed by atoms with E-state index in [0.29, 0.717) is 12.2 Å². The molecule has 0 radical (unpaired) electrons. The number of rotatable bonds is 4. The summed E-state index contributed by atoms with van der Waals surface area (Å²) in [6, 6.07) is 9.44. The SMILES string of the molecule is CCNC(=O)c1cc(NC(C#N)=C(C#N)C#N)ccc1Cl. The standard InChI is InChI=1S/C14H10ClN5O/c1-2-19-14(21)11-5-10(3-4-12(11)15)20-13(8-18)9(6-16)7-17/h3-5,20H,2H2,1H3,(H,19,21). The van der Waals surface area contributed by atoms with Crippen LogP contribution in [-0.2, 0) is 0 Å². The molecule has 0 spiro atoms. The third-order valence-corrected chi connectivity index (χ3v) is 2.73. The highest BCUT2D eigenvalue weighted by Gasteiger charge is 2.12. The Balaban J connectivity index is 3.18. The fourth-order valence-corrected chi connectivity index (χ4v) is 1.66. The second-order valence-electron chi connectivity index (χ2n) is 3.76. The number of hydrogen-bond acceptors (Lipinski definition) is 5. The van der Waals surface area contributed by atoms with Crippen LogP contribution in [0.25, 0.3) is 0 Å². The predicted octanol–water partition coefficient (Wildman–Crippen LogP) is 2.33. The Bertz CT molecular complexity index is 702. The van der Waals surface area contributed by atoms with E-state index in [4.69, 9.17) is 27.4 Å². The molecule has 104 valence electrons. The van der Waals surface area contributed by atoms with Gasteiger partial charge < -0.3 is 10.6 Å². The molecule has 0 saturated heterocycles. The van der Waals surface area contributed by atoms with Gasteiger partial charge in [-0.2, -0.15) is 15.8 Å². The Morgan fingerprint density at radius 1 is 1.24 bits per heavy atom. The van der Waals surface area contributed by atoms with Crippen molar-refractivity contribution >= 4 is 23.2 Å². The van der Waals surface area contributed by atoms with E-state index in [9.17, 15) is 4.79 Å². The number of nitrogens with zero attached hydrogens (tertiary/aromatic N) is 3. The highest BCUT2D eigenvalue weighted by atomic mass is 35.5. The van der Waals surface area contributed by atoms with Crippen molar-refractivity contribution in [3.8, 4) is 18.2 Å². The van der Waals surface area contributed by atoms with E-state index >= 15 is 0 Å². The first kappa shape index (κ1) is 16.0. The molecule has 2 N–H and O–H groups in total. The van der Waals surface area contributed by atoms with Crippen LogP contribution in [0.3, 0.4) is 0 Å². The zero-order chi connectivity index (χ0) is 15.8. The van der Waals surface area contributed by atoms with Crippen molar-refractivity contribution in [1.82, 2.24) is 5.32 Å². The van der Waals surface area contributed by atoms with E-state index in [0.717, 1.165) is 0 Å². The molecular weight excluding hydrogens is 290 g/mol. The van der Waals surface area contributed by atoms with Crippen LogP contribution < -0.4 is 10.6 Å². The topological polar surface area (TPSA) is 112 Å². The van der Waals surface area contributed by atoms with Gasteiger partial charge in [-0.25, -0.2) is 0 Å². The molecule has 0 bridgehead atoms. The molecule has 21 heavy (non-hydrogen) atoms. The maximum absolute atomic E-state index is 11.8. The number of nitriles is 3. The van der Waals surface area contributed by atoms with Crippen molar-refractivity contribution in [2.24, 2.45) is 0 Å². The smallest absolute Gasteiger partial charge is 0.252 e. The maximum atomic E-state index is 11.8. The summed E-state index contributed by atoms with van der Waals surface area (Å²) in [4.78, 5) is 11.8. The van der Waals surface area contributed by atoms with Gasteiger partial charge >= 0.3 is 0 Å². The van der Waals surface area contributed by atoms with Gasteiger partial charge in [0.15, 0.2) is 5.57 Å². The highest BCUT2D eigenvalue weighted by Crippen LogP contribution is 2.22. The van der Waals surface area contributed by atoms with Gasteiger partial charge in [0.25, 0.3) is 5.91 Å². The Labute approximate surface area is 126 Å². The lowest BCUT2D eigenvalue weighted by Gasteiger charge is -2.09. The minimum absolute atomic E-state index is 0.191.